The van der Waals surface area contributed by atoms with Crippen LogP contribution < -0.4 is 5.73 Å². The van der Waals surface area contributed by atoms with Crippen LogP contribution in [0.15, 0.2) is 34.1 Å². The van der Waals surface area contributed by atoms with E-state index in [4.69, 9.17) is 22.0 Å². The highest BCUT2D eigenvalue weighted by Crippen LogP contribution is 2.22. The Kier molecular flexibility index (Phi) is 4.75. The highest BCUT2D eigenvalue weighted by Gasteiger charge is 2.14. The molecule has 0 saturated carbocycles. The number of nitrogens with zero attached hydrogens (tertiary/aromatic N) is 7. The third-order valence-electron chi connectivity index (χ3n) is 3.11. The molecule has 3 aromatic rings. The Morgan fingerprint density at radius 2 is 2.25 bits per heavy atom. The van der Waals surface area contributed by atoms with Gasteiger partial charge in [-0.05, 0) is 41.4 Å². The van der Waals surface area contributed by atoms with Crippen LogP contribution in [0.1, 0.15) is 17.8 Å². The van der Waals surface area contributed by atoms with Crippen LogP contribution in [0.4, 0.5) is 10.1 Å². The molecule has 0 aliphatic heterocycles. The largest absolute Gasteiger partial charge is 0.382 e. The molecule has 0 saturated heterocycles. The molecular formula is C13H12ClFN8O. The molecule has 1 aromatic carbocycles. The van der Waals surface area contributed by atoms with Crippen molar-refractivity contribution < 1.29 is 9.02 Å². The van der Waals surface area contributed by atoms with E-state index in [2.05, 4.69) is 30.7 Å². The minimum Gasteiger partial charge on any atom is -0.382 e. The van der Waals surface area contributed by atoms with E-state index >= 15 is 0 Å². The van der Waals surface area contributed by atoms with Gasteiger partial charge in [-0.1, -0.05) is 16.8 Å². The summed E-state index contributed by atoms with van der Waals surface area (Å²) in [5, 5.41) is 18.9. The number of hydrogen-bond acceptors (Lipinski definition) is 7. The van der Waals surface area contributed by atoms with Crippen molar-refractivity contribution in [2.45, 2.75) is 19.4 Å². The maximum atomic E-state index is 13.2. The van der Waals surface area contributed by atoms with Crippen molar-refractivity contribution in [1.82, 2.24) is 30.5 Å². The Labute approximate surface area is 140 Å². The first-order chi connectivity index (χ1) is 11.6. The molecule has 3 rings (SSSR count). The summed E-state index contributed by atoms with van der Waals surface area (Å²) in [6, 6.07) is 4.03. The fourth-order valence-electron chi connectivity index (χ4n) is 1.99. The molecule has 124 valence electrons. The molecule has 0 radical (unpaired) electrons. The number of nitrogens with two attached hydrogens (primary N) is 1. The SMILES string of the molecule is NC(=Nc1ccc(F)c(Cl)c1)c1nonc1CCCn1ncnn1. The van der Waals surface area contributed by atoms with Gasteiger partial charge in [0, 0.05) is 0 Å². The summed E-state index contributed by atoms with van der Waals surface area (Å²) in [6.45, 7) is 0.566. The lowest BCUT2D eigenvalue weighted by Gasteiger charge is -2.01. The highest BCUT2D eigenvalue weighted by molar-refractivity contribution is 6.31. The molecule has 2 heterocycles. The summed E-state index contributed by atoms with van der Waals surface area (Å²) in [7, 11) is 0. The van der Waals surface area contributed by atoms with Crippen LogP contribution in [0.25, 0.3) is 0 Å². The summed E-state index contributed by atoms with van der Waals surface area (Å²) in [5.74, 6) is -0.424. The smallest absolute Gasteiger partial charge is 0.172 e. The van der Waals surface area contributed by atoms with Gasteiger partial charge >= 0.3 is 0 Å². The maximum absolute atomic E-state index is 13.2. The van der Waals surface area contributed by atoms with Gasteiger partial charge in [0.2, 0.25) is 0 Å². The molecule has 11 heteroatoms. The number of rotatable bonds is 6. The second kappa shape index (κ2) is 7.13. The topological polar surface area (TPSA) is 121 Å². The Morgan fingerprint density at radius 1 is 1.38 bits per heavy atom. The minimum atomic E-state index is -0.528. The summed E-state index contributed by atoms with van der Waals surface area (Å²) in [5.41, 5.74) is 7.23. The minimum absolute atomic E-state index is 0.0390. The van der Waals surface area contributed by atoms with Crippen LogP contribution in [0, 0.1) is 5.82 Å². The number of aryl methyl sites for hydroxylation is 2. The second-order valence-electron chi connectivity index (χ2n) is 4.79. The molecule has 0 bridgehead atoms. The number of benzene rings is 1. The number of halogens is 2. The zero-order chi connectivity index (χ0) is 16.9. The molecule has 2 N–H and O–H groups in total. The average molecular weight is 351 g/mol. The molecular weight excluding hydrogens is 339 g/mol. The van der Waals surface area contributed by atoms with Crippen molar-refractivity contribution in [3.8, 4) is 0 Å². The first-order valence-electron chi connectivity index (χ1n) is 6.95. The quantitative estimate of drug-likeness (QED) is 0.528. The standard InChI is InChI=1S/C13H12ClFN8O/c14-9-6-8(3-4-10(9)15)19-13(16)12-11(20-24-21-12)2-1-5-23-18-7-17-22-23/h3-4,6-7H,1-2,5H2,(H2,16,19). The summed E-state index contributed by atoms with van der Waals surface area (Å²) in [4.78, 5) is 5.63. The van der Waals surface area contributed by atoms with E-state index in [1.807, 2.05) is 0 Å². The van der Waals surface area contributed by atoms with Crippen LogP contribution in [0.2, 0.25) is 5.02 Å². The van der Waals surface area contributed by atoms with E-state index in [1.54, 1.807) is 0 Å². The van der Waals surface area contributed by atoms with E-state index in [0.29, 0.717) is 36.5 Å². The normalized spacial score (nSPS) is 11.8. The van der Waals surface area contributed by atoms with Gasteiger partial charge in [-0.25, -0.2) is 14.0 Å². The third-order valence-corrected chi connectivity index (χ3v) is 3.40. The van der Waals surface area contributed by atoms with Gasteiger partial charge in [0.05, 0.1) is 17.3 Å². The van der Waals surface area contributed by atoms with Gasteiger partial charge in [0.15, 0.2) is 17.9 Å². The van der Waals surface area contributed by atoms with Crippen LogP contribution >= 0.6 is 11.6 Å². The predicted octanol–water partition coefficient (Wildman–Crippen LogP) is 1.52. The van der Waals surface area contributed by atoms with E-state index in [0.717, 1.165) is 0 Å². The van der Waals surface area contributed by atoms with Crippen molar-refractivity contribution in [1.29, 1.82) is 0 Å². The lowest BCUT2D eigenvalue weighted by Crippen LogP contribution is -2.16. The molecule has 2 aromatic heterocycles. The van der Waals surface area contributed by atoms with Crippen molar-refractivity contribution in [2.24, 2.45) is 10.7 Å². The number of aliphatic imine (C=N–C) groups is 1. The van der Waals surface area contributed by atoms with Crippen LogP contribution in [0.3, 0.4) is 0 Å². The lowest BCUT2D eigenvalue weighted by atomic mass is 10.2. The maximum Gasteiger partial charge on any atom is 0.172 e. The summed E-state index contributed by atoms with van der Waals surface area (Å²) >= 11 is 5.72. The van der Waals surface area contributed by atoms with Crippen LogP contribution in [-0.2, 0) is 13.0 Å². The lowest BCUT2D eigenvalue weighted by molar-refractivity contribution is 0.302. The number of hydrogen-bond donors (Lipinski definition) is 1. The fourth-order valence-corrected chi connectivity index (χ4v) is 2.17. The van der Waals surface area contributed by atoms with Crippen molar-refractivity contribution in [2.75, 3.05) is 0 Å². The molecule has 0 amide bonds. The Bertz CT molecular complexity index is 848. The van der Waals surface area contributed by atoms with Gasteiger partial charge in [-0.3, -0.25) is 0 Å². The summed E-state index contributed by atoms with van der Waals surface area (Å²) in [6.07, 6.45) is 2.59. The first kappa shape index (κ1) is 16.0. The van der Waals surface area contributed by atoms with Crippen LogP contribution in [-0.4, -0.2) is 36.4 Å². The predicted molar refractivity (Wildman–Crippen MR) is 82.2 cm³/mol. The Balaban J connectivity index is 1.71. The van der Waals surface area contributed by atoms with Gasteiger partial charge in [0.25, 0.3) is 0 Å². The monoisotopic (exact) mass is 350 g/mol. The van der Waals surface area contributed by atoms with E-state index in [9.17, 15) is 4.39 Å². The van der Waals surface area contributed by atoms with Gasteiger partial charge < -0.3 is 5.73 Å². The molecule has 0 fully saturated rings. The number of amidine groups is 1. The Hall–Kier alpha value is -2.88. The first-order valence-corrected chi connectivity index (χ1v) is 7.33. The van der Waals surface area contributed by atoms with Crippen molar-refractivity contribution >= 4 is 23.1 Å². The molecule has 9 nitrogen and oxygen atoms in total. The van der Waals surface area contributed by atoms with E-state index in [-0.39, 0.29) is 10.9 Å². The number of tetrazole rings is 1. The zero-order valence-electron chi connectivity index (χ0n) is 12.3. The summed E-state index contributed by atoms with van der Waals surface area (Å²) < 4.78 is 17.9. The molecule has 0 aliphatic rings. The third kappa shape index (κ3) is 3.71. The zero-order valence-corrected chi connectivity index (χ0v) is 13.1. The fraction of sp³-hybridized carbons (Fsp3) is 0.231. The molecule has 0 unspecified atom stereocenters. The van der Waals surface area contributed by atoms with Gasteiger partial charge in [0.1, 0.15) is 11.5 Å². The van der Waals surface area contributed by atoms with Gasteiger partial charge in [-0.15, -0.1) is 10.2 Å². The van der Waals surface area contributed by atoms with Crippen molar-refractivity contribution in [3.63, 3.8) is 0 Å². The molecule has 0 aliphatic carbocycles. The molecule has 0 atom stereocenters. The van der Waals surface area contributed by atoms with Crippen LogP contribution in [0.5, 0.6) is 0 Å². The molecule has 0 spiro atoms. The van der Waals surface area contributed by atoms with Crippen molar-refractivity contribution in [3.05, 3.63) is 46.8 Å². The highest BCUT2D eigenvalue weighted by atomic mass is 35.5. The van der Waals surface area contributed by atoms with E-state index < -0.39 is 5.82 Å². The number of aromatic nitrogens is 6. The average Bonchev–Trinajstić information content (AvgIpc) is 3.22. The Morgan fingerprint density at radius 3 is 3.00 bits per heavy atom. The molecule has 24 heavy (non-hydrogen) atoms. The van der Waals surface area contributed by atoms with E-state index in [1.165, 1.54) is 29.3 Å². The second-order valence-corrected chi connectivity index (χ2v) is 5.20. The van der Waals surface area contributed by atoms with Gasteiger partial charge in [-0.2, -0.15) is 4.80 Å².